The Bertz CT molecular complexity index is 634. The number of amides is 1. The summed E-state index contributed by atoms with van der Waals surface area (Å²) in [7, 11) is 0. The first-order chi connectivity index (χ1) is 10.7. The molecule has 1 fully saturated rings. The number of aromatic nitrogens is 3. The minimum Gasteiger partial charge on any atom is -0.345 e. The molecular weight excluding hydrogens is 282 g/mol. The number of carbonyl (C=O) groups excluding carboxylic acids is 1. The lowest BCUT2D eigenvalue weighted by Crippen LogP contribution is -2.54. The van der Waals surface area contributed by atoms with Crippen molar-refractivity contribution in [2.75, 3.05) is 0 Å². The molecule has 0 atom stereocenters. The first-order valence-corrected chi connectivity index (χ1v) is 7.47. The average molecular weight is 301 g/mol. The summed E-state index contributed by atoms with van der Waals surface area (Å²) in [6.07, 6.45) is 7.91. The van der Waals surface area contributed by atoms with Crippen LogP contribution in [0, 0.1) is 0 Å². The van der Waals surface area contributed by atoms with Crippen molar-refractivity contribution in [1.29, 1.82) is 0 Å². The molecule has 2 aromatic rings. The molecule has 3 rings (SSSR count). The molecule has 3 N–H and O–H groups in total. The summed E-state index contributed by atoms with van der Waals surface area (Å²) < 4.78 is 5.15. The number of carbonyl (C=O) groups is 1. The molecule has 0 unspecified atom stereocenters. The number of hydrogen-bond acceptors (Lipinski definition) is 6. The molecule has 0 radical (unpaired) electrons. The van der Waals surface area contributed by atoms with Gasteiger partial charge in [-0.1, -0.05) is 24.4 Å². The fourth-order valence-corrected chi connectivity index (χ4v) is 2.69. The Balaban J connectivity index is 1.60. The van der Waals surface area contributed by atoms with Gasteiger partial charge in [0, 0.05) is 18.0 Å². The third-order valence-corrected chi connectivity index (χ3v) is 4.00. The molecule has 116 valence electrons. The van der Waals surface area contributed by atoms with Crippen LogP contribution in [0.5, 0.6) is 0 Å². The summed E-state index contributed by atoms with van der Waals surface area (Å²) >= 11 is 0. The van der Waals surface area contributed by atoms with Gasteiger partial charge in [0.05, 0.1) is 12.1 Å². The van der Waals surface area contributed by atoms with E-state index in [4.69, 9.17) is 10.3 Å². The minimum atomic E-state index is -0.758. The lowest BCUT2D eigenvalue weighted by molar-refractivity contribution is -0.127. The van der Waals surface area contributed by atoms with E-state index in [0.29, 0.717) is 11.7 Å². The van der Waals surface area contributed by atoms with Gasteiger partial charge in [-0.15, -0.1) is 0 Å². The molecule has 2 heterocycles. The zero-order valence-electron chi connectivity index (χ0n) is 12.3. The van der Waals surface area contributed by atoms with E-state index in [1.54, 1.807) is 24.5 Å². The van der Waals surface area contributed by atoms with Crippen LogP contribution in [0.15, 0.2) is 29.0 Å². The van der Waals surface area contributed by atoms with Gasteiger partial charge in [-0.05, 0) is 25.0 Å². The van der Waals surface area contributed by atoms with E-state index in [2.05, 4.69) is 20.4 Å². The van der Waals surface area contributed by atoms with Crippen LogP contribution in [0.3, 0.4) is 0 Å². The van der Waals surface area contributed by atoms with E-state index in [9.17, 15) is 4.79 Å². The Morgan fingerprint density at radius 2 is 2.00 bits per heavy atom. The second-order valence-electron chi connectivity index (χ2n) is 5.65. The smallest absolute Gasteiger partial charge is 0.246 e. The summed E-state index contributed by atoms with van der Waals surface area (Å²) in [6, 6.07) is 3.59. The van der Waals surface area contributed by atoms with Gasteiger partial charge < -0.3 is 15.6 Å². The molecule has 0 spiro atoms. The minimum absolute atomic E-state index is 0.143. The van der Waals surface area contributed by atoms with Gasteiger partial charge in [0.15, 0.2) is 0 Å². The highest BCUT2D eigenvalue weighted by Gasteiger charge is 2.35. The fraction of sp³-hybridized carbons (Fsp3) is 0.467. The number of rotatable bonds is 4. The number of nitrogens with one attached hydrogen (secondary N) is 1. The monoisotopic (exact) mass is 301 g/mol. The lowest BCUT2D eigenvalue weighted by Gasteiger charge is -2.31. The van der Waals surface area contributed by atoms with E-state index in [1.807, 2.05) is 0 Å². The van der Waals surface area contributed by atoms with Crippen molar-refractivity contribution < 1.29 is 9.32 Å². The molecular formula is C15H19N5O2. The van der Waals surface area contributed by atoms with Crippen LogP contribution < -0.4 is 11.1 Å². The van der Waals surface area contributed by atoms with Gasteiger partial charge in [0.25, 0.3) is 0 Å². The molecule has 1 aliphatic carbocycles. The summed E-state index contributed by atoms with van der Waals surface area (Å²) in [6.45, 7) is 0.190. The predicted molar refractivity (Wildman–Crippen MR) is 79.4 cm³/mol. The molecule has 0 bridgehead atoms. The molecule has 0 aromatic carbocycles. The summed E-state index contributed by atoms with van der Waals surface area (Å²) in [5.41, 5.74) is 6.24. The zero-order valence-corrected chi connectivity index (χ0v) is 12.3. The average Bonchev–Trinajstić information content (AvgIpc) is 3.03. The van der Waals surface area contributed by atoms with Gasteiger partial charge in [-0.3, -0.25) is 9.78 Å². The Morgan fingerprint density at radius 3 is 2.73 bits per heavy atom. The molecule has 2 aromatic heterocycles. The summed E-state index contributed by atoms with van der Waals surface area (Å²) in [5, 5.41) is 6.70. The zero-order chi connectivity index (χ0) is 15.4. The maximum atomic E-state index is 12.2. The van der Waals surface area contributed by atoms with Crippen molar-refractivity contribution in [3.8, 4) is 11.4 Å². The van der Waals surface area contributed by atoms with E-state index >= 15 is 0 Å². The van der Waals surface area contributed by atoms with Crippen LogP contribution in [-0.4, -0.2) is 26.6 Å². The Labute approximate surface area is 128 Å². The number of hydrogen-bond donors (Lipinski definition) is 2. The Hall–Kier alpha value is -2.28. The van der Waals surface area contributed by atoms with Gasteiger partial charge in [0.1, 0.15) is 0 Å². The molecule has 0 saturated heterocycles. The third kappa shape index (κ3) is 3.14. The molecule has 0 aliphatic heterocycles. The van der Waals surface area contributed by atoms with Crippen molar-refractivity contribution in [2.45, 2.75) is 44.2 Å². The summed E-state index contributed by atoms with van der Waals surface area (Å²) in [5.74, 6) is 0.696. The van der Waals surface area contributed by atoms with Crippen molar-refractivity contribution >= 4 is 5.91 Å². The SMILES string of the molecule is NC1(C(=O)NCc2nc(-c3ccncc3)no2)CCCCC1. The van der Waals surface area contributed by atoms with Crippen molar-refractivity contribution in [3.63, 3.8) is 0 Å². The largest absolute Gasteiger partial charge is 0.345 e. The molecule has 7 nitrogen and oxygen atoms in total. The molecule has 7 heteroatoms. The van der Waals surface area contributed by atoms with Crippen molar-refractivity contribution in [2.24, 2.45) is 5.73 Å². The van der Waals surface area contributed by atoms with Crippen molar-refractivity contribution in [3.05, 3.63) is 30.4 Å². The third-order valence-electron chi connectivity index (χ3n) is 4.00. The van der Waals surface area contributed by atoms with E-state index in [1.165, 1.54) is 0 Å². The van der Waals surface area contributed by atoms with E-state index in [0.717, 1.165) is 37.7 Å². The highest BCUT2D eigenvalue weighted by molar-refractivity contribution is 5.86. The van der Waals surface area contributed by atoms with Crippen LogP contribution in [0.2, 0.25) is 0 Å². The van der Waals surface area contributed by atoms with Gasteiger partial charge in [-0.2, -0.15) is 4.98 Å². The quantitative estimate of drug-likeness (QED) is 0.884. The van der Waals surface area contributed by atoms with Gasteiger partial charge >= 0.3 is 0 Å². The highest BCUT2D eigenvalue weighted by Crippen LogP contribution is 2.26. The van der Waals surface area contributed by atoms with Crippen LogP contribution in [0.25, 0.3) is 11.4 Å². The molecule has 1 amide bonds. The van der Waals surface area contributed by atoms with Crippen LogP contribution in [-0.2, 0) is 11.3 Å². The maximum Gasteiger partial charge on any atom is 0.246 e. The highest BCUT2D eigenvalue weighted by atomic mass is 16.5. The second-order valence-corrected chi connectivity index (χ2v) is 5.65. The molecule has 1 aliphatic rings. The lowest BCUT2D eigenvalue weighted by atomic mass is 9.82. The Kier molecular flexibility index (Phi) is 4.15. The summed E-state index contributed by atoms with van der Waals surface area (Å²) in [4.78, 5) is 20.4. The standard InChI is InChI=1S/C15H19N5O2/c16-15(6-2-1-3-7-15)14(21)18-10-12-19-13(20-22-12)11-4-8-17-9-5-11/h4-5,8-9H,1-3,6-7,10,16H2,(H,18,21). The molecule has 1 saturated carbocycles. The van der Waals surface area contributed by atoms with E-state index in [-0.39, 0.29) is 12.5 Å². The maximum absolute atomic E-state index is 12.2. The topological polar surface area (TPSA) is 107 Å². The van der Waals surface area contributed by atoms with Crippen LogP contribution >= 0.6 is 0 Å². The Morgan fingerprint density at radius 1 is 1.27 bits per heavy atom. The first kappa shape index (κ1) is 14.6. The number of nitrogens with zero attached hydrogens (tertiary/aromatic N) is 3. The van der Waals surface area contributed by atoms with Crippen LogP contribution in [0.4, 0.5) is 0 Å². The van der Waals surface area contributed by atoms with Gasteiger partial charge in [-0.25, -0.2) is 0 Å². The number of nitrogens with two attached hydrogens (primary N) is 1. The van der Waals surface area contributed by atoms with E-state index < -0.39 is 5.54 Å². The van der Waals surface area contributed by atoms with Crippen LogP contribution in [0.1, 0.15) is 38.0 Å². The normalized spacial score (nSPS) is 17.1. The van der Waals surface area contributed by atoms with Crippen molar-refractivity contribution in [1.82, 2.24) is 20.4 Å². The molecule has 22 heavy (non-hydrogen) atoms. The predicted octanol–water partition coefficient (Wildman–Crippen LogP) is 1.41. The van der Waals surface area contributed by atoms with Gasteiger partial charge in [0.2, 0.25) is 17.6 Å². The number of pyridine rings is 1. The first-order valence-electron chi connectivity index (χ1n) is 7.47. The second kappa shape index (κ2) is 6.23. The fourth-order valence-electron chi connectivity index (χ4n) is 2.69.